The third-order valence-electron chi connectivity index (χ3n) is 7.07. The molecule has 0 aromatic heterocycles. The molecule has 0 radical (unpaired) electrons. The Morgan fingerprint density at radius 3 is 2.69 bits per heavy atom. The van der Waals surface area contributed by atoms with E-state index in [1.165, 1.54) is 6.42 Å². The second-order valence-corrected chi connectivity index (χ2v) is 9.77. The lowest BCUT2D eigenvalue weighted by atomic mass is 9.93. The van der Waals surface area contributed by atoms with Crippen LogP contribution in [0.15, 0.2) is 17.1 Å². The molecule has 1 aromatic rings. The molecule has 35 heavy (non-hydrogen) atoms. The maximum absolute atomic E-state index is 12.7. The summed E-state index contributed by atoms with van der Waals surface area (Å²) in [7, 11) is 0. The van der Waals surface area contributed by atoms with Crippen LogP contribution in [0.3, 0.4) is 0 Å². The number of amides is 2. The average molecular weight is 485 g/mol. The van der Waals surface area contributed by atoms with Crippen molar-refractivity contribution in [3.05, 3.63) is 23.3 Å². The van der Waals surface area contributed by atoms with E-state index in [-0.39, 0.29) is 24.4 Å². The number of carbonyl (C=O) groups excluding carboxylic acids is 2. The number of unbranched alkanes of at least 4 members (excludes halogenated alkanes) is 3. The quantitative estimate of drug-likeness (QED) is 0.465. The van der Waals surface area contributed by atoms with E-state index in [2.05, 4.69) is 10.3 Å². The van der Waals surface area contributed by atoms with Crippen LogP contribution in [0.2, 0.25) is 0 Å². The van der Waals surface area contributed by atoms with Crippen LogP contribution in [0, 0.1) is 6.92 Å². The van der Waals surface area contributed by atoms with Crippen molar-refractivity contribution < 1.29 is 24.2 Å². The van der Waals surface area contributed by atoms with Crippen LogP contribution in [0.25, 0.3) is 0 Å². The molecule has 190 valence electrons. The maximum Gasteiger partial charge on any atom is 0.323 e. The second kappa shape index (κ2) is 11.6. The van der Waals surface area contributed by atoms with Gasteiger partial charge >= 0.3 is 5.97 Å². The zero-order chi connectivity index (χ0) is 24.8. The first-order valence-electron chi connectivity index (χ1n) is 12.8. The van der Waals surface area contributed by atoms with Crippen LogP contribution < -0.4 is 10.1 Å². The molecule has 0 spiro atoms. The number of carboxylic acids is 1. The number of benzene rings is 1. The highest BCUT2D eigenvalue weighted by Gasteiger charge is 2.31. The number of carbonyl (C=O) groups is 3. The van der Waals surface area contributed by atoms with E-state index < -0.39 is 5.97 Å². The minimum Gasteiger partial charge on any atom is -0.493 e. The minimum absolute atomic E-state index is 0.0307. The summed E-state index contributed by atoms with van der Waals surface area (Å²) >= 11 is 0. The Kier molecular flexibility index (Phi) is 8.25. The number of hydrogen-bond donors (Lipinski definition) is 2. The van der Waals surface area contributed by atoms with Crippen molar-refractivity contribution in [1.82, 2.24) is 15.1 Å². The summed E-state index contributed by atoms with van der Waals surface area (Å²) in [5.41, 5.74) is 2.89. The maximum atomic E-state index is 12.7. The fourth-order valence-electron chi connectivity index (χ4n) is 5.23. The Hall–Kier alpha value is -3.10. The van der Waals surface area contributed by atoms with Gasteiger partial charge in [0, 0.05) is 18.0 Å². The number of hydrogen-bond acceptors (Lipinski definition) is 6. The Balaban J connectivity index is 1.20. The zero-order valence-corrected chi connectivity index (χ0v) is 20.6. The number of nitrogens with one attached hydrogen (secondary N) is 1. The van der Waals surface area contributed by atoms with E-state index in [4.69, 9.17) is 4.74 Å². The highest BCUT2D eigenvalue weighted by atomic mass is 16.5. The van der Waals surface area contributed by atoms with Gasteiger partial charge in [-0.05, 0) is 44.2 Å². The van der Waals surface area contributed by atoms with Crippen molar-refractivity contribution in [2.45, 2.75) is 83.7 Å². The smallest absolute Gasteiger partial charge is 0.323 e. The van der Waals surface area contributed by atoms with Gasteiger partial charge < -0.3 is 19.6 Å². The highest BCUT2D eigenvalue weighted by molar-refractivity contribution is 6.06. The molecular formula is C26H36N4O5. The summed E-state index contributed by atoms with van der Waals surface area (Å²) in [6.45, 7) is 3.31. The predicted octanol–water partition coefficient (Wildman–Crippen LogP) is 3.50. The standard InChI is InChI=1S/C26H36N4O5/c1-18-12-13-21-20(15-29-16-22(31)28-26(29)27-21)25(18)35-14-8-3-2-7-11-23(32)30(17-24(33)34)19-9-5-4-6-10-19/h12-13,19H,2-11,14-17H2,1H3,(H,33,34)(H,27,28,31). The summed E-state index contributed by atoms with van der Waals surface area (Å²) in [4.78, 5) is 43.8. The number of aryl methyl sites for hydroxylation is 1. The molecule has 0 atom stereocenters. The Morgan fingerprint density at radius 1 is 1.14 bits per heavy atom. The molecule has 2 aliphatic heterocycles. The van der Waals surface area contributed by atoms with Crippen molar-refractivity contribution in [3.8, 4) is 5.75 Å². The van der Waals surface area contributed by atoms with Crippen LogP contribution in [0.1, 0.15) is 75.3 Å². The monoisotopic (exact) mass is 484 g/mol. The Labute approximate surface area is 206 Å². The molecule has 3 aliphatic rings. The lowest BCUT2D eigenvalue weighted by Gasteiger charge is -2.33. The molecule has 1 saturated heterocycles. The number of aliphatic imine (C=N–C) groups is 1. The summed E-state index contributed by atoms with van der Waals surface area (Å²) in [5, 5.41) is 12.0. The van der Waals surface area contributed by atoms with E-state index in [9.17, 15) is 19.5 Å². The van der Waals surface area contributed by atoms with Crippen molar-refractivity contribution in [3.63, 3.8) is 0 Å². The van der Waals surface area contributed by atoms with Gasteiger partial charge in [0.25, 0.3) is 0 Å². The molecule has 2 fully saturated rings. The molecule has 9 nitrogen and oxygen atoms in total. The summed E-state index contributed by atoms with van der Waals surface area (Å²) in [5.74, 6) is 0.443. The fraction of sp³-hybridized carbons (Fsp3) is 0.615. The van der Waals surface area contributed by atoms with E-state index >= 15 is 0 Å². The first-order chi connectivity index (χ1) is 16.9. The number of rotatable bonds is 11. The van der Waals surface area contributed by atoms with Gasteiger partial charge in [0.2, 0.25) is 17.8 Å². The van der Waals surface area contributed by atoms with Gasteiger partial charge in [-0.1, -0.05) is 38.2 Å². The van der Waals surface area contributed by atoms with E-state index in [1.54, 1.807) is 4.90 Å². The van der Waals surface area contributed by atoms with Crippen LogP contribution in [-0.2, 0) is 20.9 Å². The molecule has 2 heterocycles. The molecule has 0 unspecified atom stereocenters. The molecule has 1 aromatic carbocycles. The van der Waals surface area contributed by atoms with E-state index in [0.29, 0.717) is 32.1 Å². The minimum atomic E-state index is -0.936. The van der Waals surface area contributed by atoms with Gasteiger partial charge in [0.1, 0.15) is 18.8 Å². The van der Waals surface area contributed by atoms with E-state index in [0.717, 1.165) is 73.9 Å². The first-order valence-corrected chi connectivity index (χ1v) is 12.8. The summed E-state index contributed by atoms with van der Waals surface area (Å²) in [6.07, 6.45) is 9.01. The molecule has 0 bridgehead atoms. The third-order valence-corrected chi connectivity index (χ3v) is 7.07. The topological polar surface area (TPSA) is 112 Å². The number of carboxylic acid groups (broad SMARTS) is 1. The Morgan fingerprint density at radius 2 is 1.91 bits per heavy atom. The number of nitrogens with zero attached hydrogens (tertiary/aromatic N) is 3. The molecule has 4 rings (SSSR count). The normalized spacial score (nSPS) is 17.3. The molecule has 1 aliphatic carbocycles. The van der Waals surface area contributed by atoms with Crippen molar-refractivity contribution in [2.75, 3.05) is 19.7 Å². The second-order valence-electron chi connectivity index (χ2n) is 9.77. The fourth-order valence-corrected chi connectivity index (χ4v) is 5.23. The number of fused-ring (bicyclic) bond motifs is 2. The molecule has 1 saturated carbocycles. The average Bonchev–Trinajstić information content (AvgIpc) is 3.21. The van der Waals surface area contributed by atoms with Crippen molar-refractivity contribution in [1.29, 1.82) is 0 Å². The lowest BCUT2D eigenvalue weighted by Crippen LogP contribution is -2.44. The van der Waals surface area contributed by atoms with Gasteiger partial charge in [-0.25, -0.2) is 4.99 Å². The van der Waals surface area contributed by atoms with Crippen molar-refractivity contribution in [2.24, 2.45) is 4.99 Å². The number of ether oxygens (including phenoxy) is 1. The predicted molar refractivity (Wildman–Crippen MR) is 132 cm³/mol. The van der Waals surface area contributed by atoms with Gasteiger partial charge in [-0.2, -0.15) is 0 Å². The third kappa shape index (κ3) is 6.32. The molecular weight excluding hydrogens is 448 g/mol. The molecule has 2 N–H and O–H groups in total. The lowest BCUT2D eigenvalue weighted by molar-refractivity contribution is -0.146. The van der Waals surface area contributed by atoms with E-state index in [1.807, 2.05) is 24.0 Å². The number of aliphatic carboxylic acids is 1. The molecule has 2 amide bonds. The summed E-state index contributed by atoms with van der Waals surface area (Å²) in [6, 6.07) is 4.03. The number of guanidine groups is 1. The van der Waals surface area contributed by atoms with Gasteiger partial charge in [0.15, 0.2) is 0 Å². The van der Waals surface area contributed by atoms with Crippen LogP contribution in [0.5, 0.6) is 5.75 Å². The molecule has 9 heteroatoms. The largest absolute Gasteiger partial charge is 0.493 e. The van der Waals surface area contributed by atoms with Gasteiger partial charge in [-0.3, -0.25) is 19.7 Å². The van der Waals surface area contributed by atoms with Crippen molar-refractivity contribution >= 4 is 29.4 Å². The van der Waals surface area contributed by atoms with Crippen LogP contribution in [-0.4, -0.2) is 64.4 Å². The van der Waals surface area contributed by atoms with Gasteiger partial charge in [-0.15, -0.1) is 0 Å². The first kappa shape index (κ1) is 25.0. The SMILES string of the molecule is Cc1ccc2c(c1OCCCCCCC(=O)N(CC(=O)O)C1CCCCC1)CN1CC(=O)NC1=N2. The van der Waals surface area contributed by atoms with Gasteiger partial charge in [0.05, 0.1) is 18.8 Å². The Bertz CT molecular complexity index is 986. The van der Waals surface area contributed by atoms with Crippen LogP contribution in [0.4, 0.5) is 5.69 Å². The highest BCUT2D eigenvalue weighted by Crippen LogP contribution is 2.36. The van der Waals surface area contributed by atoms with Crippen LogP contribution >= 0.6 is 0 Å². The summed E-state index contributed by atoms with van der Waals surface area (Å²) < 4.78 is 6.16. The zero-order valence-electron chi connectivity index (χ0n) is 20.6.